The van der Waals surface area contributed by atoms with Gasteiger partial charge in [0.15, 0.2) is 5.75 Å². The summed E-state index contributed by atoms with van der Waals surface area (Å²) in [4.78, 5) is 13.3. The summed E-state index contributed by atoms with van der Waals surface area (Å²) in [6.45, 7) is 10.7. The number of aromatic nitrogens is 3. The van der Waals surface area contributed by atoms with E-state index in [1.54, 1.807) is 0 Å². The van der Waals surface area contributed by atoms with Crippen LogP contribution < -0.4 is 10.1 Å². The second-order valence-corrected chi connectivity index (χ2v) is 4.93. The van der Waals surface area contributed by atoms with Crippen molar-refractivity contribution < 1.29 is 4.74 Å². The van der Waals surface area contributed by atoms with Gasteiger partial charge in [0.2, 0.25) is 5.88 Å². The minimum atomic E-state index is 0.582. The molecule has 0 fully saturated rings. The monoisotopic (exact) mass is 286 g/mol. The van der Waals surface area contributed by atoms with Gasteiger partial charge in [-0.05, 0) is 46.2 Å². The van der Waals surface area contributed by atoms with Crippen molar-refractivity contribution in [1.29, 1.82) is 0 Å². The van der Waals surface area contributed by atoms with Crippen LogP contribution >= 0.6 is 0 Å². The maximum atomic E-state index is 6.00. The van der Waals surface area contributed by atoms with Crippen molar-refractivity contribution >= 4 is 5.82 Å². The maximum Gasteiger partial charge on any atom is 0.227 e. The van der Waals surface area contributed by atoms with Crippen LogP contribution in [0.5, 0.6) is 11.6 Å². The number of nitrogens with one attached hydrogen (secondary N) is 1. The van der Waals surface area contributed by atoms with Crippen LogP contribution in [0.2, 0.25) is 0 Å². The van der Waals surface area contributed by atoms with E-state index in [9.17, 15) is 0 Å². The van der Waals surface area contributed by atoms with Gasteiger partial charge in [-0.25, -0.2) is 4.98 Å². The van der Waals surface area contributed by atoms with Crippen LogP contribution in [-0.2, 0) is 6.42 Å². The van der Waals surface area contributed by atoms with Gasteiger partial charge in [-0.15, -0.1) is 0 Å². The lowest BCUT2D eigenvalue weighted by Crippen LogP contribution is -2.06. The van der Waals surface area contributed by atoms with Gasteiger partial charge in [-0.2, -0.15) is 4.98 Å². The Kier molecular flexibility index (Phi) is 4.73. The fourth-order valence-corrected chi connectivity index (χ4v) is 2.09. The first kappa shape index (κ1) is 15.2. The molecule has 0 radical (unpaired) electrons. The van der Waals surface area contributed by atoms with Gasteiger partial charge in [0, 0.05) is 12.2 Å². The normalized spacial score (nSPS) is 10.5. The summed E-state index contributed by atoms with van der Waals surface area (Å²) in [5.41, 5.74) is 2.84. The highest BCUT2D eigenvalue weighted by Gasteiger charge is 2.13. The van der Waals surface area contributed by atoms with Crippen LogP contribution in [0.1, 0.15) is 36.6 Å². The number of hydrogen-bond donors (Lipinski definition) is 1. The molecule has 0 bridgehead atoms. The zero-order chi connectivity index (χ0) is 15.4. The maximum absolute atomic E-state index is 6.00. The van der Waals surface area contributed by atoms with E-state index in [0.717, 1.165) is 41.5 Å². The number of nitrogens with zero attached hydrogens (tertiary/aromatic N) is 3. The molecule has 21 heavy (non-hydrogen) atoms. The van der Waals surface area contributed by atoms with Crippen LogP contribution in [0, 0.1) is 20.8 Å². The Labute approximate surface area is 125 Å². The van der Waals surface area contributed by atoms with Crippen molar-refractivity contribution in [2.75, 3.05) is 11.9 Å². The molecular formula is C16H22N4O. The first-order valence-electron chi connectivity index (χ1n) is 7.28. The molecule has 0 aliphatic heterocycles. The van der Waals surface area contributed by atoms with E-state index in [0.29, 0.717) is 11.7 Å². The molecular weight excluding hydrogens is 264 g/mol. The minimum Gasteiger partial charge on any atom is -0.437 e. The van der Waals surface area contributed by atoms with E-state index >= 15 is 0 Å². The molecule has 0 saturated heterocycles. The Hall–Kier alpha value is -2.17. The fourth-order valence-electron chi connectivity index (χ4n) is 2.09. The average Bonchev–Trinajstić information content (AvgIpc) is 2.45. The highest BCUT2D eigenvalue weighted by molar-refractivity contribution is 5.49. The number of anilines is 1. The van der Waals surface area contributed by atoms with Crippen LogP contribution in [0.15, 0.2) is 12.1 Å². The molecule has 2 heterocycles. The molecule has 0 aromatic carbocycles. The highest BCUT2D eigenvalue weighted by atomic mass is 16.5. The van der Waals surface area contributed by atoms with Gasteiger partial charge in [-0.3, -0.25) is 4.98 Å². The predicted octanol–water partition coefficient (Wildman–Crippen LogP) is 3.58. The molecule has 0 aliphatic rings. The van der Waals surface area contributed by atoms with Gasteiger partial charge in [0.25, 0.3) is 0 Å². The summed E-state index contributed by atoms with van der Waals surface area (Å²) >= 11 is 0. The lowest BCUT2D eigenvalue weighted by atomic mass is 10.2. The Morgan fingerprint density at radius 1 is 1.05 bits per heavy atom. The third kappa shape index (κ3) is 3.48. The number of ether oxygens (including phenoxy) is 1. The molecule has 0 atom stereocenters. The van der Waals surface area contributed by atoms with Gasteiger partial charge in [0.1, 0.15) is 11.6 Å². The Morgan fingerprint density at radius 2 is 1.81 bits per heavy atom. The molecule has 0 amide bonds. The first-order chi connectivity index (χ1) is 10.0. The van der Waals surface area contributed by atoms with E-state index in [1.807, 2.05) is 39.8 Å². The zero-order valence-corrected chi connectivity index (χ0v) is 13.3. The summed E-state index contributed by atoms with van der Waals surface area (Å²) in [7, 11) is 0. The van der Waals surface area contributed by atoms with E-state index < -0.39 is 0 Å². The van der Waals surface area contributed by atoms with Crippen molar-refractivity contribution in [2.45, 2.75) is 41.0 Å². The molecule has 2 rings (SSSR count). The molecule has 5 heteroatoms. The van der Waals surface area contributed by atoms with Crippen LogP contribution in [0.25, 0.3) is 0 Å². The first-order valence-corrected chi connectivity index (χ1v) is 7.28. The predicted molar refractivity (Wildman–Crippen MR) is 84.1 cm³/mol. The van der Waals surface area contributed by atoms with Crippen LogP contribution in [0.4, 0.5) is 5.82 Å². The Bertz CT molecular complexity index is 640. The largest absolute Gasteiger partial charge is 0.437 e. The second-order valence-electron chi connectivity index (χ2n) is 4.93. The van der Waals surface area contributed by atoms with Gasteiger partial charge < -0.3 is 10.1 Å². The van der Waals surface area contributed by atoms with Gasteiger partial charge >= 0.3 is 0 Å². The Morgan fingerprint density at radius 3 is 2.48 bits per heavy atom. The Balaban J connectivity index is 2.39. The van der Waals surface area contributed by atoms with Crippen LogP contribution in [-0.4, -0.2) is 21.5 Å². The molecule has 0 saturated carbocycles. The number of aryl methyl sites for hydroxylation is 3. The summed E-state index contributed by atoms with van der Waals surface area (Å²) < 4.78 is 6.00. The molecule has 2 aromatic heterocycles. The van der Waals surface area contributed by atoms with Crippen molar-refractivity contribution in [2.24, 2.45) is 0 Å². The summed E-state index contributed by atoms with van der Waals surface area (Å²) in [6.07, 6.45) is 0.820. The van der Waals surface area contributed by atoms with E-state index in [1.165, 1.54) is 0 Å². The second kappa shape index (κ2) is 6.52. The SMILES string of the molecule is CCNc1nc(C)nc(Oc2ccc(C)nc2CC)c1C. The van der Waals surface area contributed by atoms with Crippen molar-refractivity contribution in [3.63, 3.8) is 0 Å². The summed E-state index contributed by atoms with van der Waals surface area (Å²) in [5, 5.41) is 3.23. The van der Waals surface area contributed by atoms with Gasteiger partial charge in [-0.1, -0.05) is 6.92 Å². The van der Waals surface area contributed by atoms with E-state index in [2.05, 4.69) is 27.2 Å². The molecule has 1 N–H and O–H groups in total. The van der Waals surface area contributed by atoms with E-state index in [-0.39, 0.29) is 0 Å². The summed E-state index contributed by atoms with van der Waals surface area (Å²) in [5.74, 6) is 2.84. The topological polar surface area (TPSA) is 59.9 Å². The molecule has 0 unspecified atom stereocenters. The number of rotatable bonds is 5. The van der Waals surface area contributed by atoms with Crippen molar-refractivity contribution in [3.8, 4) is 11.6 Å². The van der Waals surface area contributed by atoms with Crippen molar-refractivity contribution in [3.05, 3.63) is 34.9 Å². The molecule has 112 valence electrons. The standard InChI is InChI=1S/C16H22N4O/c1-6-13-14(9-8-10(3)18-13)21-16-11(4)15(17-7-2)19-12(5)20-16/h8-9H,6-7H2,1-5H3,(H,17,19,20). The summed E-state index contributed by atoms with van der Waals surface area (Å²) in [6, 6.07) is 3.90. The molecule has 0 aliphatic carbocycles. The number of hydrogen-bond acceptors (Lipinski definition) is 5. The zero-order valence-electron chi connectivity index (χ0n) is 13.3. The van der Waals surface area contributed by atoms with E-state index in [4.69, 9.17) is 4.74 Å². The smallest absolute Gasteiger partial charge is 0.227 e. The van der Waals surface area contributed by atoms with Gasteiger partial charge in [0.05, 0.1) is 11.3 Å². The van der Waals surface area contributed by atoms with Crippen LogP contribution in [0.3, 0.4) is 0 Å². The average molecular weight is 286 g/mol. The molecule has 0 spiro atoms. The quantitative estimate of drug-likeness (QED) is 0.910. The molecule has 5 nitrogen and oxygen atoms in total. The number of pyridine rings is 1. The minimum absolute atomic E-state index is 0.582. The highest BCUT2D eigenvalue weighted by Crippen LogP contribution is 2.29. The lowest BCUT2D eigenvalue weighted by molar-refractivity contribution is 0.447. The third-order valence-corrected chi connectivity index (χ3v) is 3.17. The fraction of sp³-hybridized carbons (Fsp3) is 0.438. The molecule has 2 aromatic rings. The third-order valence-electron chi connectivity index (χ3n) is 3.17. The lowest BCUT2D eigenvalue weighted by Gasteiger charge is -2.14. The van der Waals surface area contributed by atoms with Crippen molar-refractivity contribution in [1.82, 2.24) is 15.0 Å².